The van der Waals surface area contributed by atoms with E-state index in [1.165, 1.54) is 26.2 Å². The van der Waals surface area contributed by atoms with Crippen molar-refractivity contribution in [1.82, 2.24) is 4.98 Å². The average molecular weight is 241 g/mol. The molecule has 2 aromatic heterocycles. The van der Waals surface area contributed by atoms with Crippen molar-refractivity contribution in [2.24, 2.45) is 0 Å². The third-order valence-electron chi connectivity index (χ3n) is 3.04. The molecule has 3 aromatic rings. The molecular formula is C15H15NS. The van der Waals surface area contributed by atoms with Crippen LogP contribution in [0.3, 0.4) is 0 Å². The molecule has 0 radical (unpaired) electrons. The van der Waals surface area contributed by atoms with Gasteiger partial charge in [-0.1, -0.05) is 26.0 Å². The normalized spacial score (nSPS) is 11.5. The molecule has 2 heterocycles. The maximum atomic E-state index is 3.26. The molecule has 1 N–H and O–H groups in total. The molecule has 0 amide bonds. The molecule has 0 spiro atoms. The number of aromatic nitrogens is 1. The molecule has 3 rings (SSSR count). The number of benzene rings is 1. The first-order valence-electron chi connectivity index (χ1n) is 5.91. The van der Waals surface area contributed by atoms with Gasteiger partial charge in [0.15, 0.2) is 0 Å². The van der Waals surface area contributed by atoms with E-state index in [0.29, 0.717) is 5.92 Å². The molecule has 17 heavy (non-hydrogen) atoms. The number of H-pyrrole nitrogens is 1. The van der Waals surface area contributed by atoms with Crippen LogP contribution in [0.4, 0.5) is 0 Å². The molecule has 86 valence electrons. The predicted molar refractivity (Wildman–Crippen MR) is 75.7 cm³/mol. The van der Waals surface area contributed by atoms with E-state index in [1.807, 2.05) is 17.5 Å². The van der Waals surface area contributed by atoms with Crippen LogP contribution in [0.15, 0.2) is 42.6 Å². The second kappa shape index (κ2) is 4.04. The smallest absolute Gasteiger partial charge is 0.0460 e. The van der Waals surface area contributed by atoms with Crippen LogP contribution in [-0.4, -0.2) is 4.98 Å². The Morgan fingerprint density at radius 3 is 2.71 bits per heavy atom. The van der Waals surface area contributed by atoms with Gasteiger partial charge in [-0.15, -0.1) is 11.3 Å². The summed E-state index contributed by atoms with van der Waals surface area (Å²) in [5.41, 5.74) is 2.51. The summed E-state index contributed by atoms with van der Waals surface area (Å²) in [5.74, 6) is 0.614. The molecule has 0 saturated carbocycles. The van der Waals surface area contributed by atoms with Crippen LogP contribution < -0.4 is 0 Å². The van der Waals surface area contributed by atoms with Crippen LogP contribution in [0.25, 0.3) is 21.3 Å². The highest BCUT2D eigenvalue weighted by molar-refractivity contribution is 7.15. The lowest BCUT2D eigenvalue weighted by Gasteiger charge is -2.00. The first-order valence-corrected chi connectivity index (χ1v) is 6.73. The Labute approximate surface area is 105 Å². The molecule has 2 heteroatoms. The van der Waals surface area contributed by atoms with Crippen molar-refractivity contribution in [3.05, 3.63) is 47.5 Å². The Bertz CT molecular complexity index is 646. The highest BCUT2D eigenvalue weighted by atomic mass is 32.1. The topological polar surface area (TPSA) is 15.8 Å². The van der Waals surface area contributed by atoms with E-state index in [1.54, 1.807) is 0 Å². The summed E-state index contributed by atoms with van der Waals surface area (Å²) in [7, 11) is 0. The number of hydrogen-bond acceptors (Lipinski definition) is 1. The Morgan fingerprint density at radius 2 is 1.94 bits per heavy atom. The van der Waals surface area contributed by atoms with Gasteiger partial charge in [-0.3, -0.25) is 0 Å². The van der Waals surface area contributed by atoms with Gasteiger partial charge < -0.3 is 4.98 Å². The number of thiophene rings is 1. The summed E-state index contributed by atoms with van der Waals surface area (Å²) in [4.78, 5) is 6.07. The van der Waals surface area contributed by atoms with Crippen molar-refractivity contribution in [2.45, 2.75) is 19.8 Å². The Hall–Kier alpha value is -1.54. The number of fused-ring (bicyclic) bond motifs is 1. The van der Waals surface area contributed by atoms with Gasteiger partial charge in [0.1, 0.15) is 0 Å². The first-order chi connectivity index (χ1) is 8.24. The molecule has 0 saturated heterocycles. The lowest BCUT2D eigenvalue weighted by molar-refractivity contribution is 0.890. The van der Waals surface area contributed by atoms with E-state index in [2.05, 4.69) is 55.2 Å². The Morgan fingerprint density at radius 1 is 1.06 bits per heavy atom. The minimum atomic E-state index is 0.614. The van der Waals surface area contributed by atoms with Gasteiger partial charge in [-0.25, -0.2) is 0 Å². The Kier molecular flexibility index (Phi) is 2.52. The summed E-state index contributed by atoms with van der Waals surface area (Å²) < 4.78 is 0. The number of hydrogen-bond donors (Lipinski definition) is 1. The molecule has 0 unspecified atom stereocenters. The van der Waals surface area contributed by atoms with Crippen LogP contribution in [0.1, 0.15) is 24.6 Å². The average Bonchev–Trinajstić information content (AvgIpc) is 2.97. The monoisotopic (exact) mass is 241 g/mol. The van der Waals surface area contributed by atoms with Crippen LogP contribution in [0.5, 0.6) is 0 Å². The minimum Gasteiger partial charge on any atom is -0.361 e. The highest BCUT2D eigenvalue weighted by Gasteiger charge is 2.06. The van der Waals surface area contributed by atoms with Gasteiger partial charge in [-0.2, -0.15) is 0 Å². The van der Waals surface area contributed by atoms with Crippen molar-refractivity contribution in [3.63, 3.8) is 0 Å². The van der Waals surface area contributed by atoms with Gasteiger partial charge in [0.2, 0.25) is 0 Å². The van der Waals surface area contributed by atoms with Gasteiger partial charge in [0, 0.05) is 21.5 Å². The molecule has 0 aliphatic heterocycles. The standard InChI is InChI=1S/C15H15NS/c1-10(2)14-5-6-15(17-14)12-4-3-11-7-8-16-13(11)9-12/h3-10,16H,1-2H3. The quantitative estimate of drug-likeness (QED) is 0.648. The third-order valence-corrected chi connectivity index (χ3v) is 4.47. The summed E-state index contributed by atoms with van der Waals surface area (Å²) >= 11 is 1.89. The molecule has 1 aromatic carbocycles. The zero-order chi connectivity index (χ0) is 11.8. The number of nitrogens with one attached hydrogen (secondary N) is 1. The van der Waals surface area contributed by atoms with Crippen molar-refractivity contribution < 1.29 is 0 Å². The molecule has 0 atom stereocenters. The number of aromatic amines is 1. The first kappa shape index (κ1) is 10.6. The van der Waals surface area contributed by atoms with Crippen molar-refractivity contribution in [2.75, 3.05) is 0 Å². The molecule has 0 bridgehead atoms. The van der Waals surface area contributed by atoms with E-state index in [4.69, 9.17) is 0 Å². The third kappa shape index (κ3) is 1.89. The van der Waals surface area contributed by atoms with E-state index < -0.39 is 0 Å². The van der Waals surface area contributed by atoms with Gasteiger partial charge >= 0.3 is 0 Å². The SMILES string of the molecule is CC(C)c1ccc(-c2ccc3cc[nH]c3c2)s1. The molecule has 0 fully saturated rings. The maximum absolute atomic E-state index is 3.26. The molecule has 1 nitrogen and oxygen atoms in total. The fourth-order valence-electron chi connectivity index (χ4n) is 2.02. The summed E-state index contributed by atoms with van der Waals surface area (Å²) in [6, 6.07) is 13.2. The molecular weight excluding hydrogens is 226 g/mol. The molecule has 0 aliphatic carbocycles. The Balaban J connectivity index is 2.06. The lowest BCUT2D eigenvalue weighted by Crippen LogP contribution is -1.77. The van der Waals surface area contributed by atoms with Crippen LogP contribution in [0.2, 0.25) is 0 Å². The van der Waals surface area contributed by atoms with E-state index in [0.717, 1.165) is 0 Å². The second-order valence-corrected chi connectivity index (χ2v) is 5.75. The minimum absolute atomic E-state index is 0.614. The van der Waals surface area contributed by atoms with E-state index >= 15 is 0 Å². The predicted octanol–water partition coefficient (Wildman–Crippen LogP) is 5.02. The van der Waals surface area contributed by atoms with Crippen LogP contribution >= 0.6 is 11.3 Å². The van der Waals surface area contributed by atoms with Gasteiger partial charge in [0.25, 0.3) is 0 Å². The maximum Gasteiger partial charge on any atom is 0.0460 e. The number of rotatable bonds is 2. The lowest BCUT2D eigenvalue weighted by atomic mass is 10.1. The fraction of sp³-hybridized carbons (Fsp3) is 0.200. The zero-order valence-corrected chi connectivity index (χ0v) is 10.8. The van der Waals surface area contributed by atoms with Gasteiger partial charge in [-0.05, 0) is 41.1 Å². The van der Waals surface area contributed by atoms with Crippen LogP contribution in [0, 0.1) is 0 Å². The zero-order valence-electron chi connectivity index (χ0n) is 10.0. The van der Waals surface area contributed by atoms with Gasteiger partial charge in [0.05, 0.1) is 0 Å². The van der Waals surface area contributed by atoms with Crippen molar-refractivity contribution in [3.8, 4) is 10.4 Å². The highest BCUT2D eigenvalue weighted by Crippen LogP contribution is 2.33. The van der Waals surface area contributed by atoms with E-state index in [9.17, 15) is 0 Å². The van der Waals surface area contributed by atoms with E-state index in [-0.39, 0.29) is 0 Å². The fourth-order valence-corrected chi connectivity index (χ4v) is 3.03. The van der Waals surface area contributed by atoms with Crippen molar-refractivity contribution in [1.29, 1.82) is 0 Å². The summed E-state index contributed by atoms with van der Waals surface area (Å²) in [6.07, 6.45) is 1.99. The summed E-state index contributed by atoms with van der Waals surface area (Å²) in [5, 5.41) is 1.27. The second-order valence-electron chi connectivity index (χ2n) is 4.64. The molecule has 0 aliphatic rings. The summed E-state index contributed by atoms with van der Waals surface area (Å²) in [6.45, 7) is 4.48. The van der Waals surface area contributed by atoms with Crippen LogP contribution in [-0.2, 0) is 0 Å². The van der Waals surface area contributed by atoms with Crippen molar-refractivity contribution >= 4 is 22.2 Å². The largest absolute Gasteiger partial charge is 0.361 e.